The molecule has 2 aromatic carbocycles. The van der Waals surface area contributed by atoms with Crippen LogP contribution >= 0.6 is 0 Å². The van der Waals surface area contributed by atoms with Gasteiger partial charge in [-0.05, 0) is 53.3 Å². The second-order valence-electron chi connectivity index (χ2n) is 5.87. The third-order valence-corrected chi connectivity index (χ3v) is 4.17. The number of methoxy groups -OCH3 is 2. The van der Waals surface area contributed by atoms with Gasteiger partial charge < -0.3 is 19.8 Å². The van der Waals surface area contributed by atoms with E-state index in [2.05, 4.69) is 34.6 Å². The largest absolute Gasteiger partial charge is 0.493 e. The number of rotatable bonds is 7. The zero-order valence-electron chi connectivity index (χ0n) is 14.5. The minimum absolute atomic E-state index is 0.00468. The van der Waals surface area contributed by atoms with Gasteiger partial charge in [0, 0.05) is 18.3 Å². The van der Waals surface area contributed by atoms with Crippen LogP contribution in [0.1, 0.15) is 11.1 Å². The summed E-state index contributed by atoms with van der Waals surface area (Å²) in [5.74, 6) is 1.29. The van der Waals surface area contributed by atoms with E-state index in [9.17, 15) is 4.79 Å². The first-order valence-electron chi connectivity index (χ1n) is 8.23. The number of H-pyrrole nitrogens is 1. The van der Waals surface area contributed by atoms with E-state index < -0.39 is 0 Å². The summed E-state index contributed by atoms with van der Waals surface area (Å²) in [6.07, 6.45) is 3.05. The van der Waals surface area contributed by atoms with Gasteiger partial charge in [0.05, 0.1) is 20.6 Å². The molecule has 0 fully saturated rings. The topological polar surface area (TPSA) is 63.3 Å². The van der Waals surface area contributed by atoms with Crippen LogP contribution in [0.15, 0.2) is 48.7 Å². The first-order valence-corrected chi connectivity index (χ1v) is 8.23. The van der Waals surface area contributed by atoms with E-state index in [1.807, 2.05) is 24.4 Å². The standard InChI is InChI=1S/C20H22N2O3/c1-24-18-6-4-15(12-19(18)25-2)13-20(23)22-9-7-14-3-5-17-16(11-14)8-10-21-17/h3-6,8,10-12,21H,7,9,13H2,1-2H3,(H,22,23). The fourth-order valence-corrected chi connectivity index (χ4v) is 2.84. The molecule has 0 unspecified atom stereocenters. The van der Waals surface area contributed by atoms with Crippen molar-refractivity contribution in [1.29, 1.82) is 0 Å². The second-order valence-corrected chi connectivity index (χ2v) is 5.87. The molecule has 3 rings (SSSR count). The van der Waals surface area contributed by atoms with Crippen molar-refractivity contribution in [2.75, 3.05) is 20.8 Å². The highest BCUT2D eigenvalue weighted by Crippen LogP contribution is 2.27. The number of carbonyl (C=O) groups is 1. The zero-order chi connectivity index (χ0) is 17.6. The number of hydrogen-bond acceptors (Lipinski definition) is 3. The van der Waals surface area contributed by atoms with E-state index >= 15 is 0 Å². The maximum Gasteiger partial charge on any atom is 0.224 e. The third kappa shape index (κ3) is 4.12. The number of fused-ring (bicyclic) bond motifs is 1. The van der Waals surface area contributed by atoms with Crippen LogP contribution in [0, 0.1) is 0 Å². The Morgan fingerprint density at radius 1 is 1.00 bits per heavy atom. The smallest absolute Gasteiger partial charge is 0.224 e. The number of aromatic nitrogens is 1. The van der Waals surface area contributed by atoms with E-state index in [1.54, 1.807) is 14.2 Å². The lowest BCUT2D eigenvalue weighted by molar-refractivity contribution is -0.120. The Hall–Kier alpha value is -2.95. The first-order chi connectivity index (χ1) is 12.2. The summed E-state index contributed by atoms with van der Waals surface area (Å²) >= 11 is 0. The number of nitrogens with one attached hydrogen (secondary N) is 2. The quantitative estimate of drug-likeness (QED) is 0.696. The zero-order valence-corrected chi connectivity index (χ0v) is 14.5. The highest BCUT2D eigenvalue weighted by Gasteiger charge is 2.08. The molecule has 0 aliphatic heterocycles. The fraction of sp³-hybridized carbons (Fsp3) is 0.250. The molecule has 2 N–H and O–H groups in total. The van der Waals surface area contributed by atoms with Crippen LogP contribution in [-0.4, -0.2) is 31.7 Å². The molecule has 130 valence electrons. The Balaban J connectivity index is 1.52. The summed E-state index contributed by atoms with van der Waals surface area (Å²) in [6, 6.07) is 13.9. The molecule has 0 bridgehead atoms. The molecule has 0 atom stereocenters. The van der Waals surface area contributed by atoms with E-state index in [4.69, 9.17) is 9.47 Å². The molecule has 0 aliphatic carbocycles. The Labute approximate surface area is 147 Å². The molecule has 3 aromatic rings. The molecule has 1 amide bonds. The number of hydrogen-bond donors (Lipinski definition) is 2. The summed E-state index contributed by atoms with van der Waals surface area (Å²) in [6.45, 7) is 0.613. The SMILES string of the molecule is COc1ccc(CC(=O)NCCc2ccc3[nH]ccc3c2)cc1OC. The van der Waals surface area contributed by atoms with E-state index in [0.29, 0.717) is 24.5 Å². The summed E-state index contributed by atoms with van der Waals surface area (Å²) in [4.78, 5) is 15.3. The van der Waals surface area contributed by atoms with Gasteiger partial charge >= 0.3 is 0 Å². The molecule has 5 heteroatoms. The number of benzene rings is 2. The van der Waals surface area contributed by atoms with Crippen LogP contribution in [0.2, 0.25) is 0 Å². The lowest BCUT2D eigenvalue weighted by atomic mass is 10.1. The summed E-state index contributed by atoms with van der Waals surface area (Å²) < 4.78 is 10.5. The van der Waals surface area contributed by atoms with Gasteiger partial charge in [0.2, 0.25) is 5.91 Å². The van der Waals surface area contributed by atoms with Crippen LogP contribution in [0.25, 0.3) is 10.9 Å². The van der Waals surface area contributed by atoms with Crippen LogP contribution in [0.3, 0.4) is 0 Å². The lowest BCUT2D eigenvalue weighted by Crippen LogP contribution is -2.27. The van der Waals surface area contributed by atoms with Gasteiger partial charge in [0.15, 0.2) is 11.5 Å². The maximum absolute atomic E-state index is 12.1. The molecular weight excluding hydrogens is 316 g/mol. The molecular formula is C20H22N2O3. The van der Waals surface area contributed by atoms with Gasteiger partial charge in [-0.2, -0.15) is 0 Å². The van der Waals surface area contributed by atoms with E-state index in [-0.39, 0.29) is 5.91 Å². The van der Waals surface area contributed by atoms with Gasteiger partial charge in [0.25, 0.3) is 0 Å². The maximum atomic E-state index is 12.1. The van der Waals surface area contributed by atoms with Gasteiger partial charge in [0.1, 0.15) is 0 Å². The third-order valence-electron chi connectivity index (χ3n) is 4.17. The number of carbonyl (C=O) groups excluding carboxylic acids is 1. The van der Waals surface area contributed by atoms with Crippen molar-refractivity contribution in [2.45, 2.75) is 12.8 Å². The molecule has 0 saturated carbocycles. The van der Waals surface area contributed by atoms with Crippen LogP contribution < -0.4 is 14.8 Å². The van der Waals surface area contributed by atoms with Gasteiger partial charge in [-0.15, -0.1) is 0 Å². The Bertz CT molecular complexity index is 870. The molecule has 1 heterocycles. The van der Waals surface area contributed by atoms with Gasteiger partial charge in [-0.25, -0.2) is 0 Å². The van der Waals surface area contributed by atoms with Gasteiger partial charge in [-0.1, -0.05) is 12.1 Å². The second kappa shape index (κ2) is 7.75. The number of aromatic amines is 1. The Kier molecular flexibility index (Phi) is 5.23. The van der Waals surface area contributed by atoms with Gasteiger partial charge in [-0.3, -0.25) is 4.79 Å². The van der Waals surface area contributed by atoms with Crippen molar-refractivity contribution >= 4 is 16.8 Å². The lowest BCUT2D eigenvalue weighted by Gasteiger charge is -2.10. The first kappa shape index (κ1) is 16.9. The highest BCUT2D eigenvalue weighted by atomic mass is 16.5. The molecule has 5 nitrogen and oxygen atoms in total. The normalized spacial score (nSPS) is 10.6. The molecule has 25 heavy (non-hydrogen) atoms. The van der Waals surface area contributed by atoms with E-state index in [1.165, 1.54) is 10.9 Å². The molecule has 0 aliphatic rings. The van der Waals surface area contributed by atoms with Crippen molar-refractivity contribution in [3.63, 3.8) is 0 Å². The minimum atomic E-state index is -0.00468. The average Bonchev–Trinajstić information content (AvgIpc) is 3.09. The van der Waals surface area contributed by atoms with Crippen molar-refractivity contribution in [1.82, 2.24) is 10.3 Å². The summed E-state index contributed by atoms with van der Waals surface area (Å²) in [7, 11) is 3.18. The van der Waals surface area contributed by atoms with Crippen molar-refractivity contribution in [3.05, 3.63) is 59.8 Å². The Morgan fingerprint density at radius 2 is 1.80 bits per heavy atom. The van der Waals surface area contributed by atoms with Crippen molar-refractivity contribution in [3.8, 4) is 11.5 Å². The number of ether oxygens (including phenoxy) is 2. The van der Waals surface area contributed by atoms with Crippen molar-refractivity contribution < 1.29 is 14.3 Å². The summed E-state index contributed by atoms with van der Waals surface area (Å²) in [5.41, 5.74) is 3.23. The summed E-state index contributed by atoms with van der Waals surface area (Å²) in [5, 5.41) is 4.16. The monoisotopic (exact) mass is 338 g/mol. The molecule has 0 saturated heterocycles. The molecule has 0 radical (unpaired) electrons. The average molecular weight is 338 g/mol. The predicted octanol–water partition coefficient (Wildman–Crippen LogP) is 3.09. The van der Waals surface area contributed by atoms with Crippen LogP contribution in [-0.2, 0) is 17.6 Å². The van der Waals surface area contributed by atoms with Crippen LogP contribution in [0.5, 0.6) is 11.5 Å². The molecule has 1 aromatic heterocycles. The molecule has 0 spiro atoms. The minimum Gasteiger partial charge on any atom is -0.493 e. The van der Waals surface area contributed by atoms with E-state index in [0.717, 1.165) is 17.5 Å². The fourth-order valence-electron chi connectivity index (χ4n) is 2.84. The Morgan fingerprint density at radius 3 is 2.60 bits per heavy atom. The van der Waals surface area contributed by atoms with Crippen molar-refractivity contribution in [2.24, 2.45) is 0 Å². The number of amides is 1. The predicted molar refractivity (Wildman–Crippen MR) is 98.3 cm³/mol. The highest BCUT2D eigenvalue weighted by molar-refractivity contribution is 5.80. The van der Waals surface area contributed by atoms with Crippen LogP contribution in [0.4, 0.5) is 0 Å².